The summed E-state index contributed by atoms with van der Waals surface area (Å²) in [4.78, 5) is 17.6. The zero-order valence-electron chi connectivity index (χ0n) is 10.1. The van der Waals surface area contributed by atoms with Gasteiger partial charge in [-0.1, -0.05) is 13.0 Å². The minimum atomic E-state index is 0.0956. The fourth-order valence-corrected chi connectivity index (χ4v) is 1.76. The molecule has 1 rings (SSSR count). The van der Waals surface area contributed by atoms with Gasteiger partial charge in [0.25, 0.3) is 0 Å². The monoisotopic (exact) mass is 221 g/mol. The van der Waals surface area contributed by atoms with Gasteiger partial charge < -0.3 is 10.2 Å². The number of amides is 1. The summed E-state index contributed by atoms with van der Waals surface area (Å²) in [7, 11) is 3.61. The van der Waals surface area contributed by atoms with E-state index in [2.05, 4.69) is 17.2 Å². The van der Waals surface area contributed by atoms with Crippen molar-refractivity contribution in [1.29, 1.82) is 0 Å². The summed E-state index contributed by atoms with van der Waals surface area (Å²) >= 11 is 0. The van der Waals surface area contributed by atoms with Crippen molar-refractivity contribution in [3.63, 3.8) is 0 Å². The van der Waals surface area contributed by atoms with Crippen LogP contribution in [0.3, 0.4) is 0 Å². The van der Waals surface area contributed by atoms with Gasteiger partial charge in [0.05, 0.1) is 12.6 Å². The Morgan fingerprint density at radius 1 is 1.62 bits per heavy atom. The van der Waals surface area contributed by atoms with Gasteiger partial charge in [-0.25, -0.2) is 0 Å². The number of nitrogens with zero attached hydrogens (tertiary/aromatic N) is 2. The predicted octanol–water partition coefficient (Wildman–Crippen LogP) is 1.21. The molecule has 1 aromatic heterocycles. The van der Waals surface area contributed by atoms with E-state index in [0.29, 0.717) is 6.54 Å². The van der Waals surface area contributed by atoms with Crippen LogP contribution in [0, 0.1) is 0 Å². The van der Waals surface area contributed by atoms with Crippen LogP contribution in [0.2, 0.25) is 0 Å². The molecule has 4 nitrogen and oxygen atoms in total. The van der Waals surface area contributed by atoms with Gasteiger partial charge in [-0.15, -0.1) is 0 Å². The molecule has 0 aliphatic carbocycles. The highest BCUT2D eigenvalue weighted by Gasteiger charge is 2.19. The highest BCUT2D eigenvalue weighted by Crippen LogP contribution is 2.21. The first kappa shape index (κ1) is 12.6. The van der Waals surface area contributed by atoms with Gasteiger partial charge in [-0.2, -0.15) is 0 Å². The number of pyridine rings is 1. The first-order chi connectivity index (χ1) is 7.70. The third-order valence-corrected chi connectivity index (χ3v) is 2.64. The van der Waals surface area contributed by atoms with E-state index in [1.54, 1.807) is 18.1 Å². The Bertz CT molecular complexity index is 326. The topological polar surface area (TPSA) is 45.2 Å². The first-order valence-corrected chi connectivity index (χ1v) is 5.50. The van der Waals surface area contributed by atoms with Crippen LogP contribution in [0.4, 0.5) is 0 Å². The molecule has 1 atom stereocenters. The van der Waals surface area contributed by atoms with Crippen LogP contribution in [-0.2, 0) is 4.79 Å². The lowest BCUT2D eigenvalue weighted by molar-refractivity contribution is -0.131. The lowest BCUT2D eigenvalue weighted by Gasteiger charge is -2.27. The summed E-state index contributed by atoms with van der Waals surface area (Å²) in [5, 5.41) is 2.87. The molecule has 0 saturated heterocycles. The van der Waals surface area contributed by atoms with Gasteiger partial charge in [0.1, 0.15) is 0 Å². The van der Waals surface area contributed by atoms with Crippen molar-refractivity contribution >= 4 is 5.91 Å². The Balaban J connectivity index is 2.78. The third-order valence-electron chi connectivity index (χ3n) is 2.64. The molecule has 0 saturated carbocycles. The number of hydrogen-bond donors (Lipinski definition) is 1. The standard InChI is InChI=1S/C12H19N3O/c1-4-11(10-6-5-7-14-8-10)15(3)12(16)9-13-2/h5-8,11,13H,4,9H2,1-3H3. The normalized spacial score (nSPS) is 12.2. The molecule has 0 fully saturated rings. The van der Waals surface area contributed by atoms with Gasteiger partial charge in [0.2, 0.25) is 5.91 Å². The van der Waals surface area contributed by atoms with E-state index in [-0.39, 0.29) is 11.9 Å². The molecule has 1 aromatic rings. The van der Waals surface area contributed by atoms with Crippen molar-refractivity contribution in [2.45, 2.75) is 19.4 Å². The average Bonchev–Trinajstić information content (AvgIpc) is 2.31. The summed E-state index contributed by atoms with van der Waals surface area (Å²) in [5.74, 6) is 0.0956. The van der Waals surface area contributed by atoms with Gasteiger partial charge in [-0.05, 0) is 25.1 Å². The molecule has 88 valence electrons. The molecule has 0 radical (unpaired) electrons. The number of aromatic nitrogens is 1. The summed E-state index contributed by atoms with van der Waals surface area (Å²) in [6.45, 7) is 2.44. The summed E-state index contributed by atoms with van der Waals surface area (Å²) in [6.07, 6.45) is 4.45. The molecular formula is C12H19N3O. The van der Waals surface area contributed by atoms with Crippen molar-refractivity contribution in [3.8, 4) is 0 Å². The van der Waals surface area contributed by atoms with Crippen LogP contribution < -0.4 is 5.32 Å². The van der Waals surface area contributed by atoms with Crippen molar-refractivity contribution in [1.82, 2.24) is 15.2 Å². The third kappa shape index (κ3) is 3.03. The maximum absolute atomic E-state index is 11.8. The molecule has 0 aliphatic rings. The minimum Gasteiger partial charge on any atom is -0.338 e. The van der Waals surface area contributed by atoms with Crippen molar-refractivity contribution in [2.24, 2.45) is 0 Å². The number of likely N-dealkylation sites (N-methyl/N-ethyl adjacent to an activating group) is 2. The zero-order chi connectivity index (χ0) is 12.0. The Morgan fingerprint density at radius 2 is 2.38 bits per heavy atom. The maximum atomic E-state index is 11.8. The molecule has 0 aromatic carbocycles. The average molecular weight is 221 g/mol. The van der Waals surface area contributed by atoms with Gasteiger partial charge in [0.15, 0.2) is 0 Å². The predicted molar refractivity (Wildman–Crippen MR) is 64.0 cm³/mol. The summed E-state index contributed by atoms with van der Waals surface area (Å²) < 4.78 is 0. The second-order valence-electron chi connectivity index (χ2n) is 3.75. The molecule has 1 N–H and O–H groups in total. The van der Waals surface area contributed by atoms with E-state index >= 15 is 0 Å². The van der Waals surface area contributed by atoms with Crippen LogP contribution >= 0.6 is 0 Å². The molecule has 16 heavy (non-hydrogen) atoms. The SMILES string of the molecule is CCC(c1cccnc1)N(C)C(=O)CNC. The van der Waals surface area contributed by atoms with E-state index in [4.69, 9.17) is 0 Å². The number of rotatable bonds is 5. The van der Waals surface area contributed by atoms with Gasteiger partial charge in [0, 0.05) is 19.4 Å². The molecule has 1 heterocycles. The highest BCUT2D eigenvalue weighted by molar-refractivity contribution is 5.78. The summed E-state index contributed by atoms with van der Waals surface area (Å²) in [6, 6.07) is 4.01. The minimum absolute atomic E-state index is 0.0956. The molecule has 0 aliphatic heterocycles. The molecule has 4 heteroatoms. The smallest absolute Gasteiger partial charge is 0.236 e. The fraction of sp³-hybridized carbons (Fsp3) is 0.500. The van der Waals surface area contributed by atoms with Gasteiger partial charge in [-0.3, -0.25) is 9.78 Å². The molecule has 0 bridgehead atoms. The molecule has 1 unspecified atom stereocenters. The number of nitrogens with one attached hydrogen (secondary N) is 1. The van der Waals surface area contributed by atoms with Crippen LogP contribution in [0.5, 0.6) is 0 Å². The molecule has 1 amide bonds. The quantitative estimate of drug-likeness (QED) is 0.813. The van der Waals surface area contributed by atoms with E-state index < -0.39 is 0 Å². The Morgan fingerprint density at radius 3 is 2.88 bits per heavy atom. The molecule has 0 spiro atoms. The Kier molecular flexibility index (Phi) is 4.92. The Hall–Kier alpha value is -1.42. The first-order valence-electron chi connectivity index (χ1n) is 5.50. The van der Waals surface area contributed by atoms with E-state index in [1.807, 2.05) is 25.4 Å². The van der Waals surface area contributed by atoms with Crippen LogP contribution in [0.1, 0.15) is 24.9 Å². The summed E-state index contributed by atoms with van der Waals surface area (Å²) in [5.41, 5.74) is 1.08. The van der Waals surface area contributed by atoms with Crippen LogP contribution in [0.25, 0.3) is 0 Å². The van der Waals surface area contributed by atoms with E-state index in [9.17, 15) is 4.79 Å². The number of hydrogen-bond acceptors (Lipinski definition) is 3. The zero-order valence-corrected chi connectivity index (χ0v) is 10.1. The molecular weight excluding hydrogens is 202 g/mol. The van der Waals surface area contributed by atoms with E-state index in [1.165, 1.54) is 0 Å². The number of carbonyl (C=O) groups excluding carboxylic acids is 1. The highest BCUT2D eigenvalue weighted by atomic mass is 16.2. The lowest BCUT2D eigenvalue weighted by Crippen LogP contribution is -2.36. The van der Waals surface area contributed by atoms with Crippen LogP contribution in [0.15, 0.2) is 24.5 Å². The van der Waals surface area contributed by atoms with Gasteiger partial charge >= 0.3 is 0 Å². The van der Waals surface area contributed by atoms with Crippen molar-refractivity contribution in [3.05, 3.63) is 30.1 Å². The maximum Gasteiger partial charge on any atom is 0.236 e. The second-order valence-corrected chi connectivity index (χ2v) is 3.75. The van der Waals surface area contributed by atoms with Crippen LogP contribution in [-0.4, -0.2) is 36.4 Å². The van der Waals surface area contributed by atoms with E-state index in [0.717, 1.165) is 12.0 Å². The Labute approximate surface area is 96.7 Å². The van der Waals surface area contributed by atoms with Crippen molar-refractivity contribution in [2.75, 3.05) is 20.6 Å². The number of carbonyl (C=O) groups is 1. The van der Waals surface area contributed by atoms with Crippen molar-refractivity contribution < 1.29 is 4.79 Å². The fourth-order valence-electron chi connectivity index (χ4n) is 1.76. The second kappa shape index (κ2) is 6.23. The lowest BCUT2D eigenvalue weighted by atomic mass is 10.1. The largest absolute Gasteiger partial charge is 0.338 e.